The van der Waals surface area contributed by atoms with E-state index in [1.807, 2.05) is 6.07 Å². The molecule has 94 valence electrons. The lowest BCUT2D eigenvalue weighted by molar-refractivity contribution is 1.07. The van der Waals surface area contributed by atoms with Crippen LogP contribution in [0.25, 0.3) is 11.3 Å². The third-order valence-corrected chi connectivity index (χ3v) is 3.96. The van der Waals surface area contributed by atoms with E-state index in [1.54, 1.807) is 11.3 Å². The second-order valence-electron chi connectivity index (χ2n) is 4.20. The van der Waals surface area contributed by atoms with Crippen LogP contribution in [0.15, 0.2) is 47.4 Å². The van der Waals surface area contributed by atoms with E-state index in [0.29, 0.717) is 0 Å². The molecule has 0 amide bonds. The van der Waals surface area contributed by atoms with Gasteiger partial charge in [-0.05, 0) is 13.3 Å². The van der Waals surface area contributed by atoms with Gasteiger partial charge in [0.2, 0.25) is 0 Å². The van der Waals surface area contributed by atoms with Crippen LogP contribution in [0.5, 0.6) is 0 Å². The fraction of sp³-hybridized carbons (Fsp3) is 0.267. The lowest BCUT2D eigenvalue weighted by Gasteiger charge is -1.97. The Morgan fingerprint density at radius 2 is 2.11 bits per heavy atom. The Kier molecular flexibility index (Phi) is 5.14. The van der Waals surface area contributed by atoms with Crippen LogP contribution < -0.4 is 0 Å². The number of aromatic nitrogens is 1. The Labute approximate surface area is 121 Å². The molecular formula is C15H16BrNS. The van der Waals surface area contributed by atoms with E-state index in [1.165, 1.54) is 16.1 Å². The molecule has 0 N–H and O–H groups in total. The van der Waals surface area contributed by atoms with Gasteiger partial charge in [-0.1, -0.05) is 57.9 Å². The minimum absolute atomic E-state index is 0.963. The van der Waals surface area contributed by atoms with Crippen molar-refractivity contribution in [1.82, 2.24) is 4.98 Å². The first kappa shape index (κ1) is 13.5. The summed E-state index contributed by atoms with van der Waals surface area (Å²) in [7, 11) is 0. The monoisotopic (exact) mass is 321 g/mol. The highest BCUT2D eigenvalue weighted by molar-refractivity contribution is 9.09. The van der Waals surface area contributed by atoms with Crippen LogP contribution in [0.3, 0.4) is 0 Å². The van der Waals surface area contributed by atoms with E-state index >= 15 is 0 Å². The molecule has 0 aliphatic rings. The molecule has 2 rings (SSSR count). The van der Waals surface area contributed by atoms with E-state index in [-0.39, 0.29) is 0 Å². The largest absolute Gasteiger partial charge is 0.241 e. The molecule has 0 radical (unpaired) electrons. The number of nitrogens with zero attached hydrogens (tertiary/aromatic N) is 1. The summed E-state index contributed by atoms with van der Waals surface area (Å²) < 4.78 is 0. The van der Waals surface area contributed by atoms with Crippen molar-refractivity contribution in [2.45, 2.75) is 19.8 Å². The van der Waals surface area contributed by atoms with Crippen molar-refractivity contribution >= 4 is 27.3 Å². The lowest BCUT2D eigenvalue weighted by Crippen LogP contribution is -1.87. The van der Waals surface area contributed by atoms with Gasteiger partial charge in [-0.15, -0.1) is 11.3 Å². The molecule has 0 saturated carbocycles. The first-order valence-corrected chi connectivity index (χ1v) is 8.01. The van der Waals surface area contributed by atoms with E-state index in [9.17, 15) is 0 Å². The van der Waals surface area contributed by atoms with Gasteiger partial charge in [0.1, 0.15) is 0 Å². The summed E-state index contributed by atoms with van der Waals surface area (Å²) in [5.41, 5.74) is 3.68. The molecule has 1 aromatic carbocycles. The number of hydrogen-bond donors (Lipinski definition) is 0. The molecule has 3 heteroatoms. The van der Waals surface area contributed by atoms with Crippen LogP contribution in [0, 0.1) is 0 Å². The van der Waals surface area contributed by atoms with Gasteiger partial charge in [0.15, 0.2) is 0 Å². The van der Waals surface area contributed by atoms with Gasteiger partial charge >= 0.3 is 0 Å². The van der Waals surface area contributed by atoms with E-state index in [4.69, 9.17) is 4.98 Å². The number of thiazole rings is 1. The van der Waals surface area contributed by atoms with Crippen LogP contribution in [0.4, 0.5) is 0 Å². The van der Waals surface area contributed by atoms with Crippen LogP contribution in [-0.2, 0) is 6.42 Å². The van der Waals surface area contributed by atoms with Gasteiger partial charge in [-0.2, -0.15) is 0 Å². The number of hydrogen-bond acceptors (Lipinski definition) is 2. The molecule has 0 saturated heterocycles. The third kappa shape index (κ3) is 3.79. The van der Waals surface area contributed by atoms with Gasteiger partial charge in [0, 0.05) is 22.7 Å². The van der Waals surface area contributed by atoms with Gasteiger partial charge in [-0.3, -0.25) is 0 Å². The molecule has 18 heavy (non-hydrogen) atoms. The van der Waals surface area contributed by atoms with Crippen LogP contribution in [0.1, 0.15) is 18.4 Å². The maximum atomic E-state index is 4.69. The Bertz CT molecular complexity index is 516. The van der Waals surface area contributed by atoms with E-state index in [2.05, 4.69) is 58.6 Å². The zero-order valence-electron chi connectivity index (χ0n) is 10.4. The quantitative estimate of drug-likeness (QED) is 0.552. The molecule has 2 aromatic rings. The summed E-state index contributed by atoms with van der Waals surface area (Å²) in [5, 5.41) is 4.36. The van der Waals surface area contributed by atoms with Crippen molar-refractivity contribution in [2.24, 2.45) is 0 Å². The summed E-state index contributed by atoms with van der Waals surface area (Å²) in [4.78, 5) is 4.69. The fourth-order valence-corrected chi connectivity index (χ4v) is 2.87. The van der Waals surface area contributed by atoms with Crippen molar-refractivity contribution in [3.8, 4) is 11.3 Å². The number of alkyl halides is 1. The Hall–Kier alpha value is -0.930. The summed E-state index contributed by atoms with van der Waals surface area (Å²) in [6.45, 7) is 2.17. The zero-order valence-corrected chi connectivity index (χ0v) is 12.8. The molecule has 1 nitrogen and oxygen atoms in total. The second-order valence-corrected chi connectivity index (χ2v) is 5.93. The molecule has 1 heterocycles. The normalized spacial score (nSPS) is 11.8. The Morgan fingerprint density at radius 3 is 2.83 bits per heavy atom. The highest BCUT2D eigenvalue weighted by atomic mass is 79.9. The maximum Gasteiger partial charge on any atom is 0.0973 e. The SMILES string of the molecule is CC(=CCCBr)Cc1nc(-c2ccccc2)cs1. The number of benzene rings is 1. The molecule has 0 spiro atoms. The highest BCUT2D eigenvalue weighted by Crippen LogP contribution is 2.23. The van der Waals surface area contributed by atoms with Gasteiger partial charge in [0.25, 0.3) is 0 Å². The Morgan fingerprint density at radius 1 is 1.33 bits per heavy atom. The minimum atomic E-state index is 0.963. The van der Waals surface area contributed by atoms with Crippen molar-refractivity contribution in [1.29, 1.82) is 0 Å². The van der Waals surface area contributed by atoms with E-state index in [0.717, 1.165) is 23.9 Å². The second kappa shape index (κ2) is 6.86. The predicted molar refractivity (Wildman–Crippen MR) is 83.4 cm³/mol. The van der Waals surface area contributed by atoms with Crippen molar-refractivity contribution in [2.75, 3.05) is 5.33 Å². The minimum Gasteiger partial charge on any atom is -0.241 e. The van der Waals surface area contributed by atoms with Crippen molar-refractivity contribution in [3.63, 3.8) is 0 Å². The first-order valence-electron chi connectivity index (χ1n) is 6.01. The molecule has 1 aromatic heterocycles. The predicted octanol–water partition coefficient (Wildman–Crippen LogP) is 5.08. The van der Waals surface area contributed by atoms with Gasteiger partial charge in [-0.25, -0.2) is 4.98 Å². The molecule has 0 unspecified atom stereocenters. The van der Waals surface area contributed by atoms with Crippen LogP contribution >= 0.6 is 27.3 Å². The lowest BCUT2D eigenvalue weighted by atomic mass is 10.2. The first-order chi connectivity index (χ1) is 8.79. The molecular weight excluding hydrogens is 306 g/mol. The topological polar surface area (TPSA) is 12.9 Å². The van der Waals surface area contributed by atoms with E-state index < -0.39 is 0 Å². The smallest absolute Gasteiger partial charge is 0.0973 e. The van der Waals surface area contributed by atoms with Crippen molar-refractivity contribution < 1.29 is 0 Å². The molecule has 0 fully saturated rings. The standard InChI is InChI=1S/C15H16BrNS/c1-12(6-5-9-16)10-15-17-14(11-18-15)13-7-3-2-4-8-13/h2-4,6-8,11H,5,9-10H2,1H3. The number of halogens is 1. The zero-order chi connectivity index (χ0) is 12.8. The van der Waals surface area contributed by atoms with Crippen molar-refractivity contribution in [3.05, 3.63) is 52.4 Å². The number of rotatable bonds is 5. The van der Waals surface area contributed by atoms with Gasteiger partial charge < -0.3 is 0 Å². The van der Waals surface area contributed by atoms with Crippen LogP contribution in [0.2, 0.25) is 0 Å². The number of allylic oxidation sites excluding steroid dienone is 2. The van der Waals surface area contributed by atoms with Crippen LogP contribution in [-0.4, -0.2) is 10.3 Å². The fourth-order valence-electron chi connectivity index (χ4n) is 1.75. The molecule has 0 bridgehead atoms. The average molecular weight is 322 g/mol. The van der Waals surface area contributed by atoms with Gasteiger partial charge in [0.05, 0.1) is 10.7 Å². The summed E-state index contributed by atoms with van der Waals surface area (Å²) in [6, 6.07) is 10.3. The molecule has 0 aliphatic heterocycles. The Balaban J connectivity index is 2.07. The highest BCUT2D eigenvalue weighted by Gasteiger charge is 2.04. The third-order valence-electron chi connectivity index (χ3n) is 2.65. The maximum absolute atomic E-state index is 4.69. The summed E-state index contributed by atoms with van der Waals surface area (Å²) >= 11 is 5.18. The summed E-state index contributed by atoms with van der Waals surface area (Å²) in [5.74, 6) is 0. The average Bonchev–Trinajstić information content (AvgIpc) is 2.86. The summed E-state index contributed by atoms with van der Waals surface area (Å²) in [6.07, 6.45) is 4.32. The molecule has 0 aliphatic carbocycles. The molecule has 0 atom stereocenters.